The van der Waals surface area contributed by atoms with E-state index < -0.39 is 11.6 Å². The molecule has 2 rings (SSSR count). The summed E-state index contributed by atoms with van der Waals surface area (Å²) in [6, 6.07) is 8.04. The van der Waals surface area contributed by atoms with Gasteiger partial charge in [0.2, 0.25) is 0 Å². The molecule has 0 amide bonds. The Morgan fingerprint density at radius 1 is 1.00 bits per heavy atom. The van der Waals surface area contributed by atoms with Crippen molar-refractivity contribution in [3.05, 3.63) is 64.7 Å². The molecule has 2 aromatic carbocycles. The highest BCUT2D eigenvalue weighted by Gasteiger charge is 2.13. The van der Waals surface area contributed by atoms with Crippen molar-refractivity contribution in [2.75, 3.05) is 7.11 Å². The Hall–Kier alpha value is -2.23. The van der Waals surface area contributed by atoms with Crippen LogP contribution in [0.3, 0.4) is 0 Å². The molecular weight excluding hydrogens is 250 g/mol. The summed E-state index contributed by atoms with van der Waals surface area (Å²) in [5.41, 5.74) is 0.937. The predicted molar refractivity (Wildman–Crippen MR) is 67.5 cm³/mol. The van der Waals surface area contributed by atoms with Crippen LogP contribution in [0.2, 0.25) is 0 Å². The summed E-state index contributed by atoms with van der Waals surface area (Å²) >= 11 is 0. The smallest absolute Gasteiger partial charge is 0.193 e. The Balaban J connectivity index is 2.41. The minimum absolute atomic E-state index is 0.0153. The van der Waals surface area contributed by atoms with Gasteiger partial charge >= 0.3 is 0 Å². The maximum absolute atomic E-state index is 13.4. The zero-order valence-corrected chi connectivity index (χ0v) is 10.5. The quantitative estimate of drug-likeness (QED) is 0.791. The Kier molecular flexibility index (Phi) is 3.60. The van der Waals surface area contributed by atoms with E-state index in [1.807, 2.05) is 0 Å². The number of halogens is 2. The number of benzene rings is 2. The van der Waals surface area contributed by atoms with Crippen molar-refractivity contribution in [3.63, 3.8) is 0 Å². The van der Waals surface area contributed by atoms with Gasteiger partial charge in [0.1, 0.15) is 5.82 Å². The average molecular weight is 262 g/mol. The summed E-state index contributed by atoms with van der Waals surface area (Å²) < 4.78 is 31.5. The highest BCUT2D eigenvalue weighted by atomic mass is 19.1. The fourth-order valence-corrected chi connectivity index (χ4v) is 1.70. The van der Waals surface area contributed by atoms with Gasteiger partial charge in [-0.1, -0.05) is 12.1 Å². The summed E-state index contributed by atoms with van der Waals surface area (Å²) in [5, 5.41) is 0. The van der Waals surface area contributed by atoms with Crippen molar-refractivity contribution < 1.29 is 18.3 Å². The van der Waals surface area contributed by atoms with Gasteiger partial charge in [-0.3, -0.25) is 4.79 Å². The lowest BCUT2D eigenvalue weighted by molar-refractivity contribution is 0.103. The normalized spacial score (nSPS) is 10.3. The zero-order chi connectivity index (χ0) is 14.0. The number of hydrogen-bond acceptors (Lipinski definition) is 2. The first kappa shape index (κ1) is 13.2. The van der Waals surface area contributed by atoms with Gasteiger partial charge in [-0.05, 0) is 36.8 Å². The Morgan fingerprint density at radius 2 is 1.63 bits per heavy atom. The van der Waals surface area contributed by atoms with Crippen LogP contribution < -0.4 is 4.74 Å². The fraction of sp³-hybridized carbons (Fsp3) is 0.133. The third-order valence-electron chi connectivity index (χ3n) is 2.85. The molecule has 0 saturated heterocycles. The molecule has 0 heterocycles. The first-order valence-electron chi connectivity index (χ1n) is 5.67. The number of carbonyl (C=O) groups excluding carboxylic acids is 1. The average Bonchev–Trinajstić information content (AvgIpc) is 2.41. The number of ketones is 1. The zero-order valence-electron chi connectivity index (χ0n) is 10.5. The molecule has 0 bridgehead atoms. The van der Waals surface area contributed by atoms with Gasteiger partial charge in [0.05, 0.1) is 7.11 Å². The van der Waals surface area contributed by atoms with E-state index in [0.29, 0.717) is 5.56 Å². The standard InChI is InChI=1S/C15H12F2O2/c1-9-3-4-10(7-13(9)17)15(18)11-5-6-12(16)14(8-11)19-2/h3-8H,1-2H3. The lowest BCUT2D eigenvalue weighted by Crippen LogP contribution is -2.03. The second-order valence-corrected chi connectivity index (χ2v) is 4.14. The van der Waals surface area contributed by atoms with Crippen molar-refractivity contribution in [2.45, 2.75) is 6.92 Å². The first-order chi connectivity index (χ1) is 9.02. The van der Waals surface area contributed by atoms with Gasteiger partial charge in [-0.2, -0.15) is 0 Å². The number of methoxy groups -OCH3 is 1. The van der Waals surface area contributed by atoms with E-state index >= 15 is 0 Å². The van der Waals surface area contributed by atoms with Crippen LogP contribution in [0.5, 0.6) is 5.75 Å². The van der Waals surface area contributed by atoms with Gasteiger partial charge in [0.15, 0.2) is 17.3 Å². The van der Waals surface area contributed by atoms with Crippen molar-refractivity contribution in [3.8, 4) is 5.75 Å². The van der Waals surface area contributed by atoms with Crippen LogP contribution in [0.25, 0.3) is 0 Å². The molecule has 2 nitrogen and oxygen atoms in total. The minimum Gasteiger partial charge on any atom is -0.494 e. The number of rotatable bonds is 3. The van der Waals surface area contributed by atoms with Gasteiger partial charge in [0, 0.05) is 11.1 Å². The number of ether oxygens (including phenoxy) is 1. The molecule has 0 saturated carbocycles. The molecule has 0 aliphatic heterocycles. The highest BCUT2D eigenvalue weighted by molar-refractivity contribution is 6.09. The van der Waals surface area contributed by atoms with Gasteiger partial charge < -0.3 is 4.74 Å². The van der Waals surface area contributed by atoms with Crippen molar-refractivity contribution in [2.24, 2.45) is 0 Å². The SMILES string of the molecule is COc1cc(C(=O)c2ccc(C)c(F)c2)ccc1F. The Bertz CT molecular complexity index is 636. The summed E-state index contributed by atoms with van der Waals surface area (Å²) in [4.78, 5) is 12.1. The van der Waals surface area contributed by atoms with Crippen molar-refractivity contribution >= 4 is 5.78 Å². The third-order valence-corrected chi connectivity index (χ3v) is 2.85. The number of carbonyl (C=O) groups is 1. The van der Waals surface area contributed by atoms with E-state index in [9.17, 15) is 13.6 Å². The second kappa shape index (κ2) is 5.18. The number of hydrogen-bond donors (Lipinski definition) is 0. The van der Waals surface area contributed by atoms with E-state index in [2.05, 4.69) is 0 Å². The van der Waals surface area contributed by atoms with Crippen LogP contribution in [-0.2, 0) is 0 Å². The summed E-state index contributed by atoms with van der Waals surface area (Å²) in [6.07, 6.45) is 0. The molecule has 0 N–H and O–H groups in total. The van der Waals surface area contributed by atoms with E-state index in [1.54, 1.807) is 6.92 Å². The fourth-order valence-electron chi connectivity index (χ4n) is 1.70. The van der Waals surface area contributed by atoms with Crippen LogP contribution in [0.15, 0.2) is 36.4 Å². The Morgan fingerprint density at radius 3 is 2.26 bits per heavy atom. The molecule has 98 valence electrons. The molecule has 19 heavy (non-hydrogen) atoms. The molecule has 0 aromatic heterocycles. The maximum Gasteiger partial charge on any atom is 0.193 e. The molecule has 4 heteroatoms. The molecule has 0 atom stereocenters. The van der Waals surface area contributed by atoms with Gasteiger partial charge in [0.25, 0.3) is 0 Å². The molecule has 0 spiro atoms. The van der Waals surface area contributed by atoms with Crippen LogP contribution in [0, 0.1) is 18.6 Å². The minimum atomic E-state index is -0.547. The van der Waals surface area contributed by atoms with Crippen molar-refractivity contribution in [1.29, 1.82) is 0 Å². The summed E-state index contributed by atoms with van der Waals surface area (Å²) in [5.74, 6) is -1.38. The Labute approximate surface area is 109 Å². The third kappa shape index (κ3) is 2.62. The topological polar surface area (TPSA) is 26.3 Å². The summed E-state index contributed by atoms with van der Waals surface area (Å²) in [7, 11) is 1.32. The second-order valence-electron chi connectivity index (χ2n) is 4.14. The van der Waals surface area contributed by atoms with Crippen LogP contribution in [0.1, 0.15) is 21.5 Å². The van der Waals surface area contributed by atoms with Gasteiger partial charge in [-0.25, -0.2) is 8.78 Å². The highest BCUT2D eigenvalue weighted by Crippen LogP contribution is 2.21. The summed E-state index contributed by atoms with van der Waals surface area (Å²) in [6.45, 7) is 1.62. The number of aryl methyl sites for hydroxylation is 1. The van der Waals surface area contributed by atoms with E-state index in [-0.39, 0.29) is 22.7 Å². The molecule has 0 aliphatic rings. The molecule has 0 unspecified atom stereocenters. The van der Waals surface area contributed by atoms with Crippen LogP contribution in [-0.4, -0.2) is 12.9 Å². The van der Waals surface area contributed by atoms with Crippen LogP contribution >= 0.6 is 0 Å². The van der Waals surface area contributed by atoms with E-state index in [1.165, 1.54) is 37.4 Å². The molecule has 0 fully saturated rings. The molecular formula is C15H12F2O2. The maximum atomic E-state index is 13.4. The van der Waals surface area contributed by atoms with E-state index in [4.69, 9.17) is 4.74 Å². The van der Waals surface area contributed by atoms with E-state index in [0.717, 1.165) is 6.07 Å². The van der Waals surface area contributed by atoms with Gasteiger partial charge in [-0.15, -0.1) is 0 Å². The molecule has 0 radical (unpaired) electrons. The van der Waals surface area contributed by atoms with Crippen molar-refractivity contribution in [1.82, 2.24) is 0 Å². The molecule has 2 aromatic rings. The monoisotopic (exact) mass is 262 g/mol. The lowest BCUT2D eigenvalue weighted by Gasteiger charge is -2.06. The lowest BCUT2D eigenvalue weighted by atomic mass is 10.0. The predicted octanol–water partition coefficient (Wildman–Crippen LogP) is 3.51. The van der Waals surface area contributed by atoms with Crippen LogP contribution in [0.4, 0.5) is 8.78 Å². The largest absolute Gasteiger partial charge is 0.494 e. The molecule has 0 aliphatic carbocycles. The first-order valence-corrected chi connectivity index (χ1v) is 5.67.